The number of nitrogens with zero attached hydrogens (tertiary/aromatic N) is 2. The number of aromatic nitrogens is 2. The van der Waals surface area contributed by atoms with Crippen molar-refractivity contribution < 1.29 is 4.79 Å². The molecule has 2 aromatic rings. The van der Waals surface area contributed by atoms with Crippen molar-refractivity contribution in [2.75, 3.05) is 32.9 Å². The Kier molecular flexibility index (Phi) is 6.28. The molecule has 1 aliphatic rings. The van der Waals surface area contributed by atoms with Crippen LogP contribution in [0.2, 0.25) is 0 Å². The predicted octanol–water partition coefficient (Wildman–Crippen LogP) is 2.41. The fourth-order valence-corrected chi connectivity index (χ4v) is 5.66. The molecule has 0 bridgehead atoms. The molecule has 0 spiro atoms. The lowest BCUT2D eigenvalue weighted by atomic mass is 9.93. The van der Waals surface area contributed by atoms with Crippen LogP contribution in [0.1, 0.15) is 36.5 Å². The van der Waals surface area contributed by atoms with E-state index in [1.54, 1.807) is 11.3 Å². The molecular weight excluding hydrogens is 380 g/mol. The van der Waals surface area contributed by atoms with Crippen molar-refractivity contribution in [1.29, 1.82) is 0 Å². The zero-order valence-corrected chi connectivity index (χ0v) is 18.1. The van der Waals surface area contributed by atoms with Gasteiger partial charge in [0.15, 0.2) is 0 Å². The van der Waals surface area contributed by atoms with Crippen molar-refractivity contribution in [3.05, 3.63) is 26.6 Å². The molecule has 2 N–H and O–H groups in total. The molecule has 0 unspecified atom stereocenters. The Morgan fingerprint density at radius 3 is 2.89 bits per heavy atom. The van der Waals surface area contributed by atoms with Crippen molar-refractivity contribution in [1.82, 2.24) is 20.2 Å². The number of rotatable bonds is 8. The van der Waals surface area contributed by atoms with Gasteiger partial charge in [0.05, 0.1) is 16.9 Å². The molecule has 0 fully saturated rings. The third-order valence-corrected chi connectivity index (χ3v) is 6.73. The topological polar surface area (TPSA) is 78.1 Å². The second-order valence-corrected chi connectivity index (χ2v) is 10.3. The van der Waals surface area contributed by atoms with Crippen LogP contribution >= 0.6 is 23.1 Å². The van der Waals surface area contributed by atoms with E-state index >= 15 is 0 Å². The fourth-order valence-electron chi connectivity index (χ4n) is 3.66. The number of carbonyl (C=O) groups is 1. The van der Waals surface area contributed by atoms with Crippen LogP contribution in [0.25, 0.3) is 10.2 Å². The lowest BCUT2D eigenvalue weighted by molar-refractivity contribution is -0.119. The number of carbonyl (C=O) groups excluding carboxylic acids is 1. The van der Waals surface area contributed by atoms with Crippen LogP contribution < -0.4 is 10.9 Å². The van der Waals surface area contributed by atoms with E-state index in [2.05, 4.69) is 34.0 Å². The maximum Gasteiger partial charge on any atom is 0.259 e. The summed E-state index contributed by atoms with van der Waals surface area (Å²) < 4.78 is 0. The van der Waals surface area contributed by atoms with Gasteiger partial charge < -0.3 is 15.2 Å². The van der Waals surface area contributed by atoms with E-state index in [0.29, 0.717) is 23.9 Å². The first-order valence-electron chi connectivity index (χ1n) is 9.28. The highest BCUT2D eigenvalue weighted by atomic mass is 32.2. The Labute approximate surface area is 168 Å². The zero-order chi connectivity index (χ0) is 19.6. The smallest absolute Gasteiger partial charge is 0.259 e. The van der Waals surface area contributed by atoms with Gasteiger partial charge in [-0.15, -0.1) is 23.1 Å². The van der Waals surface area contributed by atoms with Crippen molar-refractivity contribution in [2.24, 2.45) is 5.41 Å². The minimum Gasteiger partial charge on any atom is -0.355 e. The van der Waals surface area contributed by atoms with Gasteiger partial charge in [0, 0.05) is 18.0 Å². The summed E-state index contributed by atoms with van der Waals surface area (Å²) in [7, 11) is 4.07. The minimum absolute atomic E-state index is 0.0188. The van der Waals surface area contributed by atoms with Crippen LogP contribution in [-0.2, 0) is 23.4 Å². The first-order chi connectivity index (χ1) is 12.7. The van der Waals surface area contributed by atoms with E-state index in [1.807, 2.05) is 14.1 Å². The van der Waals surface area contributed by atoms with Crippen LogP contribution in [-0.4, -0.2) is 53.7 Å². The molecule has 6 nitrogen and oxygen atoms in total. The molecule has 0 radical (unpaired) electrons. The number of aryl methyl sites for hydroxylation is 2. The molecule has 2 aromatic heterocycles. The molecule has 0 saturated heterocycles. The van der Waals surface area contributed by atoms with Crippen molar-refractivity contribution in [3.8, 4) is 0 Å². The summed E-state index contributed by atoms with van der Waals surface area (Å²) in [5, 5.41) is 3.78. The highest BCUT2D eigenvalue weighted by molar-refractivity contribution is 7.99. The highest BCUT2D eigenvalue weighted by Crippen LogP contribution is 2.34. The van der Waals surface area contributed by atoms with Gasteiger partial charge in [-0.1, -0.05) is 13.8 Å². The highest BCUT2D eigenvalue weighted by Gasteiger charge is 2.21. The number of nitrogens with one attached hydrogen (secondary N) is 2. The average Bonchev–Trinajstić information content (AvgIpc) is 3.12. The summed E-state index contributed by atoms with van der Waals surface area (Å²) in [5.41, 5.74) is 1.19. The number of amides is 1. The molecule has 0 saturated carbocycles. The van der Waals surface area contributed by atoms with E-state index in [9.17, 15) is 9.59 Å². The largest absolute Gasteiger partial charge is 0.355 e. The van der Waals surface area contributed by atoms with Gasteiger partial charge in [0.25, 0.3) is 5.56 Å². The van der Waals surface area contributed by atoms with Crippen molar-refractivity contribution >= 4 is 39.2 Å². The van der Waals surface area contributed by atoms with Gasteiger partial charge in [-0.3, -0.25) is 9.59 Å². The number of H-pyrrole nitrogens is 1. The number of hydrogen-bond acceptors (Lipinski definition) is 6. The van der Waals surface area contributed by atoms with E-state index < -0.39 is 0 Å². The van der Waals surface area contributed by atoms with Gasteiger partial charge in [-0.25, -0.2) is 4.98 Å². The first kappa shape index (κ1) is 20.4. The molecule has 1 aliphatic carbocycles. The predicted molar refractivity (Wildman–Crippen MR) is 114 cm³/mol. The lowest BCUT2D eigenvalue weighted by Crippen LogP contribution is -2.40. The van der Waals surface area contributed by atoms with E-state index in [4.69, 9.17) is 0 Å². The summed E-state index contributed by atoms with van der Waals surface area (Å²) >= 11 is 3.12. The number of thioether (sulfide) groups is 1. The Morgan fingerprint density at radius 1 is 1.37 bits per heavy atom. The number of hydrogen-bond donors (Lipinski definition) is 2. The van der Waals surface area contributed by atoms with Gasteiger partial charge in [-0.2, -0.15) is 0 Å². The average molecular weight is 409 g/mol. The van der Waals surface area contributed by atoms with E-state index in [1.165, 1.54) is 22.2 Å². The Hall–Kier alpha value is -1.38. The van der Waals surface area contributed by atoms with Gasteiger partial charge >= 0.3 is 0 Å². The second-order valence-electron chi connectivity index (χ2n) is 8.22. The molecule has 1 amide bonds. The maximum atomic E-state index is 12.4. The quantitative estimate of drug-likeness (QED) is 0.701. The monoisotopic (exact) mass is 408 g/mol. The molecule has 3 rings (SSSR count). The van der Waals surface area contributed by atoms with Crippen LogP contribution in [0.3, 0.4) is 0 Å². The molecule has 148 valence electrons. The zero-order valence-electron chi connectivity index (χ0n) is 16.5. The van der Waals surface area contributed by atoms with Crippen LogP contribution in [0.5, 0.6) is 0 Å². The molecule has 2 heterocycles. The normalized spacial score (nSPS) is 14.1. The Balaban J connectivity index is 1.52. The van der Waals surface area contributed by atoms with E-state index in [0.717, 1.165) is 36.0 Å². The van der Waals surface area contributed by atoms with E-state index in [-0.39, 0.29) is 16.9 Å². The summed E-state index contributed by atoms with van der Waals surface area (Å²) in [6.07, 6.45) is 3.18. The van der Waals surface area contributed by atoms with Gasteiger partial charge in [-0.05, 0) is 44.3 Å². The second kappa shape index (κ2) is 8.32. The fraction of sp³-hybridized carbons (Fsp3) is 0.632. The number of aromatic amines is 1. The van der Waals surface area contributed by atoms with Crippen LogP contribution in [0, 0.1) is 5.41 Å². The summed E-state index contributed by atoms with van der Waals surface area (Å²) in [4.78, 5) is 36.3. The summed E-state index contributed by atoms with van der Waals surface area (Å²) in [6.45, 7) is 5.84. The molecule has 0 aliphatic heterocycles. The van der Waals surface area contributed by atoms with Crippen LogP contribution in [0.4, 0.5) is 0 Å². The van der Waals surface area contributed by atoms with Crippen LogP contribution in [0.15, 0.2) is 4.79 Å². The lowest BCUT2D eigenvalue weighted by Gasteiger charge is -2.28. The number of thiophene rings is 1. The molecule has 8 heteroatoms. The minimum atomic E-state index is -0.0371. The Bertz CT molecular complexity index is 886. The molecule has 0 atom stereocenters. The molecule has 0 aromatic carbocycles. The summed E-state index contributed by atoms with van der Waals surface area (Å²) in [5.74, 6) is 1.56. The van der Waals surface area contributed by atoms with Crippen molar-refractivity contribution in [2.45, 2.75) is 38.9 Å². The molecular formula is C19H28N4O2S2. The molecule has 27 heavy (non-hydrogen) atoms. The third-order valence-electron chi connectivity index (χ3n) is 4.60. The SMILES string of the molecule is CN(C)CC(C)(C)CNC(=O)CSCc1nc2sc3c(c2c(=O)[nH]1)CCC3. The standard InChI is InChI=1S/C19H28N4O2S2/c1-19(2,11-23(3)4)10-20-15(24)9-26-8-14-21-17(25)16-12-6-5-7-13(12)27-18(16)22-14/h5-11H2,1-4H3,(H,20,24)(H,21,22,25). The van der Waals surface area contributed by atoms with Crippen molar-refractivity contribution in [3.63, 3.8) is 0 Å². The third kappa shape index (κ3) is 5.12. The Morgan fingerprint density at radius 2 is 2.15 bits per heavy atom. The van der Waals surface area contributed by atoms with Gasteiger partial charge in [0.1, 0.15) is 10.7 Å². The summed E-state index contributed by atoms with van der Waals surface area (Å²) in [6, 6.07) is 0. The number of fused-ring (bicyclic) bond motifs is 3. The first-order valence-corrected chi connectivity index (χ1v) is 11.2. The maximum absolute atomic E-state index is 12.4. The van der Waals surface area contributed by atoms with Gasteiger partial charge in [0.2, 0.25) is 5.91 Å².